The summed E-state index contributed by atoms with van der Waals surface area (Å²) in [6.45, 7) is 1.66. The zero-order valence-corrected chi connectivity index (χ0v) is 12.9. The molecule has 0 aliphatic carbocycles. The molecule has 0 heterocycles. The first-order valence-electron chi connectivity index (χ1n) is 6.20. The summed E-state index contributed by atoms with van der Waals surface area (Å²) >= 11 is 3.41. The van der Waals surface area contributed by atoms with E-state index in [1.165, 1.54) is 7.11 Å². The standard InChI is InChI=1S/C16H15BrO3/c1-11(16(18)19-2)20-15-9-5-13(6-10-15)12-3-7-14(17)8-4-12/h3-11H,1-2H3/t11-/m1/s1. The molecule has 0 spiro atoms. The van der Waals surface area contributed by atoms with Crippen LogP contribution in [0.1, 0.15) is 6.92 Å². The molecular formula is C16H15BrO3. The molecule has 0 aliphatic rings. The maximum absolute atomic E-state index is 11.3. The van der Waals surface area contributed by atoms with Gasteiger partial charge in [-0.1, -0.05) is 40.2 Å². The van der Waals surface area contributed by atoms with Crippen LogP contribution in [0.5, 0.6) is 5.75 Å². The molecule has 2 rings (SSSR count). The molecule has 1 atom stereocenters. The van der Waals surface area contributed by atoms with Gasteiger partial charge in [-0.2, -0.15) is 0 Å². The van der Waals surface area contributed by atoms with Gasteiger partial charge in [0.05, 0.1) is 7.11 Å². The second-order valence-electron chi connectivity index (χ2n) is 4.31. The van der Waals surface area contributed by atoms with Crippen molar-refractivity contribution < 1.29 is 14.3 Å². The molecule has 0 saturated heterocycles. The second kappa shape index (κ2) is 6.57. The van der Waals surface area contributed by atoms with E-state index in [1.807, 2.05) is 48.5 Å². The van der Waals surface area contributed by atoms with Crippen LogP contribution in [0.4, 0.5) is 0 Å². The predicted molar refractivity (Wildman–Crippen MR) is 81.7 cm³/mol. The van der Waals surface area contributed by atoms with Crippen LogP contribution in [0.2, 0.25) is 0 Å². The van der Waals surface area contributed by atoms with Crippen LogP contribution in [0, 0.1) is 0 Å². The highest BCUT2D eigenvalue weighted by Crippen LogP contribution is 2.24. The van der Waals surface area contributed by atoms with Gasteiger partial charge in [0.15, 0.2) is 6.10 Å². The highest BCUT2D eigenvalue weighted by Gasteiger charge is 2.14. The number of ether oxygens (including phenoxy) is 2. The van der Waals surface area contributed by atoms with Crippen LogP contribution in [0.15, 0.2) is 53.0 Å². The first kappa shape index (κ1) is 14.6. The minimum absolute atomic E-state index is 0.387. The molecule has 4 heteroatoms. The van der Waals surface area contributed by atoms with E-state index in [0.29, 0.717) is 5.75 Å². The number of methoxy groups -OCH3 is 1. The molecule has 0 aromatic heterocycles. The lowest BCUT2D eigenvalue weighted by atomic mass is 10.1. The SMILES string of the molecule is COC(=O)[C@@H](C)Oc1ccc(-c2ccc(Br)cc2)cc1. The topological polar surface area (TPSA) is 35.5 Å². The summed E-state index contributed by atoms with van der Waals surface area (Å²) in [7, 11) is 1.35. The normalized spacial score (nSPS) is 11.8. The lowest BCUT2D eigenvalue weighted by Crippen LogP contribution is -2.24. The Morgan fingerprint density at radius 3 is 2.00 bits per heavy atom. The fourth-order valence-electron chi connectivity index (χ4n) is 1.79. The number of carbonyl (C=O) groups excluding carboxylic acids is 1. The number of benzene rings is 2. The Morgan fingerprint density at radius 2 is 1.50 bits per heavy atom. The summed E-state index contributed by atoms with van der Waals surface area (Å²) in [5.41, 5.74) is 2.22. The van der Waals surface area contributed by atoms with E-state index in [2.05, 4.69) is 20.7 Å². The van der Waals surface area contributed by atoms with Gasteiger partial charge in [-0.15, -0.1) is 0 Å². The van der Waals surface area contributed by atoms with Crippen molar-refractivity contribution >= 4 is 21.9 Å². The maximum Gasteiger partial charge on any atom is 0.346 e. The van der Waals surface area contributed by atoms with E-state index < -0.39 is 6.10 Å². The monoisotopic (exact) mass is 334 g/mol. The van der Waals surface area contributed by atoms with Gasteiger partial charge >= 0.3 is 5.97 Å². The summed E-state index contributed by atoms with van der Waals surface area (Å²) in [5.74, 6) is 0.255. The van der Waals surface area contributed by atoms with Crippen molar-refractivity contribution in [1.82, 2.24) is 0 Å². The molecule has 104 valence electrons. The number of halogens is 1. The van der Waals surface area contributed by atoms with E-state index in [4.69, 9.17) is 4.74 Å². The molecule has 20 heavy (non-hydrogen) atoms. The fourth-order valence-corrected chi connectivity index (χ4v) is 2.05. The third-order valence-corrected chi connectivity index (χ3v) is 3.41. The van der Waals surface area contributed by atoms with Crippen LogP contribution >= 0.6 is 15.9 Å². The van der Waals surface area contributed by atoms with E-state index >= 15 is 0 Å². The highest BCUT2D eigenvalue weighted by atomic mass is 79.9. The summed E-state index contributed by atoms with van der Waals surface area (Å²) in [6.07, 6.45) is -0.612. The van der Waals surface area contributed by atoms with E-state index in [1.54, 1.807) is 6.92 Å². The van der Waals surface area contributed by atoms with Crippen molar-refractivity contribution in [3.63, 3.8) is 0 Å². The maximum atomic E-state index is 11.3. The Hall–Kier alpha value is -1.81. The molecule has 0 N–H and O–H groups in total. The first-order valence-corrected chi connectivity index (χ1v) is 7.00. The number of carbonyl (C=O) groups is 1. The molecule has 2 aromatic carbocycles. The van der Waals surface area contributed by atoms with Gasteiger partial charge in [-0.3, -0.25) is 0 Å². The second-order valence-corrected chi connectivity index (χ2v) is 5.23. The molecule has 0 aliphatic heterocycles. The number of hydrogen-bond donors (Lipinski definition) is 0. The molecule has 0 bridgehead atoms. The molecule has 3 nitrogen and oxygen atoms in total. The summed E-state index contributed by atoms with van der Waals surface area (Å²) in [4.78, 5) is 11.3. The largest absolute Gasteiger partial charge is 0.479 e. The van der Waals surface area contributed by atoms with E-state index in [0.717, 1.165) is 15.6 Å². The van der Waals surface area contributed by atoms with Crippen LogP contribution in [-0.2, 0) is 9.53 Å². The average Bonchev–Trinajstić information content (AvgIpc) is 2.48. The van der Waals surface area contributed by atoms with Crippen molar-refractivity contribution in [2.24, 2.45) is 0 Å². The van der Waals surface area contributed by atoms with Gasteiger partial charge in [0.25, 0.3) is 0 Å². The molecule has 0 unspecified atom stereocenters. The Balaban J connectivity index is 2.10. The van der Waals surface area contributed by atoms with Gasteiger partial charge in [-0.25, -0.2) is 4.79 Å². The number of hydrogen-bond acceptors (Lipinski definition) is 3. The molecular weight excluding hydrogens is 320 g/mol. The highest BCUT2D eigenvalue weighted by molar-refractivity contribution is 9.10. The van der Waals surface area contributed by atoms with Crippen LogP contribution in [0.3, 0.4) is 0 Å². The van der Waals surface area contributed by atoms with Crippen molar-refractivity contribution in [3.05, 3.63) is 53.0 Å². The summed E-state index contributed by atoms with van der Waals surface area (Å²) in [5, 5.41) is 0. The van der Waals surface area contributed by atoms with Gasteiger partial charge in [0.1, 0.15) is 5.75 Å². The molecule has 0 amide bonds. The fraction of sp³-hybridized carbons (Fsp3) is 0.188. The van der Waals surface area contributed by atoms with Crippen LogP contribution < -0.4 is 4.74 Å². The third-order valence-electron chi connectivity index (χ3n) is 2.88. The first-order chi connectivity index (χ1) is 9.60. The van der Waals surface area contributed by atoms with E-state index in [-0.39, 0.29) is 5.97 Å². The Morgan fingerprint density at radius 1 is 1.00 bits per heavy atom. The van der Waals surface area contributed by atoms with Crippen molar-refractivity contribution in [2.75, 3.05) is 7.11 Å². The predicted octanol–water partition coefficient (Wildman–Crippen LogP) is 4.06. The van der Waals surface area contributed by atoms with Crippen LogP contribution in [0.25, 0.3) is 11.1 Å². The molecule has 0 fully saturated rings. The molecule has 2 aromatic rings. The third kappa shape index (κ3) is 3.61. The van der Waals surface area contributed by atoms with Crippen molar-refractivity contribution in [2.45, 2.75) is 13.0 Å². The Labute approximate surface area is 126 Å². The quantitative estimate of drug-likeness (QED) is 0.791. The van der Waals surface area contributed by atoms with Gasteiger partial charge in [0, 0.05) is 4.47 Å². The van der Waals surface area contributed by atoms with Crippen LogP contribution in [-0.4, -0.2) is 19.2 Å². The average molecular weight is 335 g/mol. The van der Waals surface area contributed by atoms with E-state index in [9.17, 15) is 4.79 Å². The van der Waals surface area contributed by atoms with Crippen molar-refractivity contribution in [3.8, 4) is 16.9 Å². The molecule has 0 radical (unpaired) electrons. The van der Waals surface area contributed by atoms with Gasteiger partial charge < -0.3 is 9.47 Å². The van der Waals surface area contributed by atoms with Gasteiger partial charge in [-0.05, 0) is 42.3 Å². The lowest BCUT2D eigenvalue weighted by Gasteiger charge is -2.12. The lowest BCUT2D eigenvalue weighted by molar-refractivity contribution is -0.147. The minimum atomic E-state index is -0.612. The number of esters is 1. The van der Waals surface area contributed by atoms with Crippen molar-refractivity contribution in [1.29, 1.82) is 0 Å². The van der Waals surface area contributed by atoms with Gasteiger partial charge in [0.2, 0.25) is 0 Å². The summed E-state index contributed by atoms with van der Waals surface area (Å²) < 4.78 is 11.2. The smallest absolute Gasteiger partial charge is 0.346 e. The minimum Gasteiger partial charge on any atom is -0.479 e. The summed E-state index contributed by atoms with van der Waals surface area (Å²) in [6, 6.07) is 15.7. The molecule has 0 saturated carbocycles. The Kier molecular flexibility index (Phi) is 4.79. The Bertz CT molecular complexity index is 576. The zero-order valence-electron chi connectivity index (χ0n) is 11.3. The zero-order chi connectivity index (χ0) is 14.5. The number of rotatable bonds is 4.